The second-order valence-electron chi connectivity index (χ2n) is 5.10. The molecule has 0 saturated carbocycles. The molecule has 0 aromatic heterocycles. The predicted molar refractivity (Wildman–Crippen MR) is 85.8 cm³/mol. The van der Waals surface area contributed by atoms with Crippen LogP contribution in [0.1, 0.15) is 31.4 Å². The maximum atomic E-state index is 9.41. The summed E-state index contributed by atoms with van der Waals surface area (Å²) in [5.41, 5.74) is 1.27. The Hall–Kier alpha value is -1.64. The van der Waals surface area contributed by atoms with Crippen LogP contribution in [-0.2, 0) is 0 Å². The zero-order valence-electron chi connectivity index (χ0n) is 12.0. The van der Waals surface area contributed by atoms with E-state index in [-0.39, 0.29) is 18.7 Å². The van der Waals surface area contributed by atoms with E-state index < -0.39 is 0 Å². The summed E-state index contributed by atoms with van der Waals surface area (Å²) in [6.45, 7) is 6.11. The van der Waals surface area contributed by atoms with Crippen LogP contribution in [0.4, 0.5) is 0 Å². The fourth-order valence-electron chi connectivity index (χ4n) is 2.59. The van der Waals surface area contributed by atoms with Gasteiger partial charge in [-0.1, -0.05) is 55.5 Å². The molecule has 2 atom stereocenters. The minimum absolute atomic E-state index is 0.124. The molecular formula is C18H23NO. The van der Waals surface area contributed by atoms with Crippen molar-refractivity contribution in [1.82, 2.24) is 5.32 Å². The summed E-state index contributed by atoms with van der Waals surface area (Å²) in [6, 6.07) is 15.1. The maximum absolute atomic E-state index is 9.41. The molecular weight excluding hydrogens is 246 g/mol. The molecule has 0 fully saturated rings. The van der Waals surface area contributed by atoms with Gasteiger partial charge < -0.3 is 10.4 Å². The minimum Gasteiger partial charge on any atom is -0.395 e. The molecule has 0 aliphatic carbocycles. The summed E-state index contributed by atoms with van der Waals surface area (Å²) in [6.07, 6.45) is 3.70. The van der Waals surface area contributed by atoms with Crippen LogP contribution in [0.5, 0.6) is 0 Å². The highest BCUT2D eigenvalue weighted by Gasteiger charge is 2.16. The lowest BCUT2D eigenvalue weighted by atomic mass is 9.96. The molecule has 2 rings (SSSR count). The average molecular weight is 269 g/mol. The average Bonchev–Trinajstić information content (AvgIpc) is 2.51. The van der Waals surface area contributed by atoms with Crippen LogP contribution < -0.4 is 5.32 Å². The first-order valence-electron chi connectivity index (χ1n) is 7.25. The zero-order valence-corrected chi connectivity index (χ0v) is 12.0. The molecule has 0 radical (unpaired) electrons. The fourth-order valence-corrected chi connectivity index (χ4v) is 2.59. The molecule has 2 aromatic rings. The van der Waals surface area contributed by atoms with E-state index in [9.17, 15) is 5.11 Å². The summed E-state index contributed by atoms with van der Waals surface area (Å²) in [5.74, 6) is 0. The van der Waals surface area contributed by atoms with Gasteiger partial charge in [-0.15, -0.1) is 6.58 Å². The van der Waals surface area contributed by atoms with Crippen LogP contribution >= 0.6 is 0 Å². The van der Waals surface area contributed by atoms with Crippen molar-refractivity contribution >= 4 is 10.8 Å². The molecule has 2 heteroatoms. The largest absolute Gasteiger partial charge is 0.395 e. The highest BCUT2D eigenvalue weighted by molar-refractivity contribution is 5.86. The van der Waals surface area contributed by atoms with Crippen molar-refractivity contribution in [2.75, 3.05) is 6.61 Å². The summed E-state index contributed by atoms with van der Waals surface area (Å²) < 4.78 is 0. The first-order chi connectivity index (χ1) is 9.80. The van der Waals surface area contributed by atoms with Crippen molar-refractivity contribution < 1.29 is 5.11 Å². The van der Waals surface area contributed by atoms with E-state index in [2.05, 4.69) is 61.3 Å². The van der Waals surface area contributed by atoms with Gasteiger partial charge in [-0.25, -0.2) is 0 Å². The second-order valence-corrected chi connectivity index (χ2v) is 5.10. The van der Waals surface area contributed by atoms with Gasteiger partial charge in [0.1, 0.15) is 0 Å². The number of nitrogens with one attached hydrogen (secondary N) is 1. The van der Waals surface area contributed by atoms with Gasteiger partial charge in [0.2, 0.25) is 0 Å². The Morgan fingerprint density at radius 1 is 1.20 bits per heavy atom. The molecule has 0 heterocycles. The Balaban J connectivity index is 2.38. The Morgan fingerprint density at radius 3 is 2.65 bits per heavy atom. The SMILES string of the molecule is C=CCC(NC(CC)CO)c1cccc2ccccc12. The van der Waals surface area contributed by atoms with E-state index in [1.54, 1.807) is 0 Å². The normalized spacial score (nSPS) is 14.1. The van der Waals surface area contributed by atoms with E-state index in [0.29, 0.717) is 0 Å². The van der Waals surface area contributed by atoms with Gasteiger partial charge in [0.05, 0.1) is 6.61 Å². The molecule has 106 valence electrons. The van der Waals surface area contributed by atoms with E-state index in [4.69, 9.17) is 0 Å². The van der Waals surface area contributed by atoms with Gasteiger partial charge in [-0.2, -0.15) is 0 Å². The van der Waals surface area contributed by atoms with Crippen LogP contribution in [0.15, 0.2) is 55.1 Å². The Bertz CT molecular complexity index is 555. The summed E-state index contributed by atoms with van der Waals surface area (Å²) in [4.78, 5) is 0. The third-order valence-electron chi connectivity index (χ3n) is 3.75. The Morgan fingerprint density at radius 2 is 1.95 bits per heavy atom. The highest BCUT2D eigenvalue weighted by Crippen LogP contribution is 2.27. The van der Waals surface area contributed by atoms with Crippen molar-refractivity contribution in [2.45, 2.75) is 31.8 Å². The van der Waals surface area contributed by atoms with Gasteiger partial charge in [-0.05, 0) is 29.2 Å². The third-order valence-corrected chi connectivity index (χ3v) is 3.75. The number of benzene rings is 2. The monoisotopic (exact) mass is 269 g/mol. The van der Waals surface area contributed by atoms with Crippen molar-refractivity contribution in [3.05, 3.63) is 60.7 Å². The van der Waals surface area contributed by atoms with E-state index >= 15 is 0 Å². The number of fused-ring (bicyclic) bond motifs is 1. The van der Waals surface area contributed by atoms with Gasteiger partial charge >= 0.3 is 0 Å². The second kappa shape index (κ2) is 7.22. The van der Waals surface area contributed by atoms with Gasteiger partial charge in [0.25, 0.3) is 0 Å². The summed E-state index contributed by atoms with van der Waals surface area (Å²) in [5, 5.41) is 15.5. The molecule has 0 aliphatic heterocycles. The van der Waals surface area contributed by atoms with Crippen molar-refractivity contribution in [3.63, 3.8) is 0 Å². The molecule has 0 amide bonds. The Labute approximate surface area is 121 Å². The van der Waals surface area contributed by atoms with E-state index in [1.807, 2.05) is 6.08 Å². The smallest absolute Gasteiger partial charge is 0.0584 e. The number of hydrogen-bond acceptors (Lipinski definition) is 2. The molecule has 2 N–H and O–H groups in total. The quantitative estimate of drug-likeness (QED) is 0.749. The van der Waals surface area contributed by atoms with E-state index in [1.165, 1.54) is 16.3 Å². The molecule has 0 spiro atoms. The summed E-state index contributed by atoms with van der Waals surface area (Å²) >= 11 is 0. The zero-order chi connectivity index (χ0) is 14.4. The minimum atomic E-state index is 0.124. The van der Waals surface area contributed by atoms with Crippen LogP contribution in [0.25, 0.3) is 10.8 Å². The number of rotatable bonds is 7. The van der Waals surface area contributed by atoms with E-state index in [0.717, 1.165) is 12.8 Å². The third kappa shape index (κ3) is 3.27. The first kappa shape index (κ1) is 14.8. The first-order valence-corrected chi connectivity index (χ1v) is 7.25. The molecule has 2 aromatic carbocycles. The van der Waals surface area contributed by atoms with Crippen molar-refractivity contribution in [3.8, 4) is 0 Å². The predicted octanol–water partition coefficient (Wildman–Crippen LogP) is 3.82. The lowest BCUT2D eigenvalue weighted by Gasteiger charge is -2.24. The summed E-state index contributed by atoms with van der Waals surface area (Å²) in [7, 11) is 0. The van der Waals surface area contributed by atoms with Crippen molar-refractivity contribution in [2.24, 2.45) is 0 Å². The molecule has 0 saturated heterocycles. The number of aliphatic hydroxyl groups excluding tert-OH is 1. The van der Waals surface area contributed by atoms with Crippen LogP contribution in [0.2, 0.25) is 0 Å². The topological polar surface area (TPSA) is 32.3 Å². The molecule has 20 heavy (non-hydrogen) atoms. The van der Waals surface area contributed by atoms with Gasteiger partial charge in [0, 0.05) is 12.1 Å². The maximum Gasteiger partial charge on any atom is 0.0584 e. The molecule has 0 bridgehead atoms. The number of hydrogen-bond donors (Lipinski definition) is 2. The molecule has 0 aliphatic rings. The highest BCUT2D eigenvalue weighted by atomic mass is 16.3. The van der Waals surface area contributed by atoms with Crippen LogP contribution in [0.3, 0.4) is 0 Å². The fraction of sp³-hybridized carbons (Fsp3) is 0.333. The lowest BCUT2D eigenvalue weighted by Crippen LogP contribution is -2.35. The molecule has 2 unspecified atom stereocenters. The molecule has 2 nitrogen and oxygen atoms in total. The van der Waals surface area contributed by atoms with Crippen LogP contribution in [-0.4, -0.2) is 17.8 Å². The van der Waals surface area contributed by atoms with Crippen LogP contribution in [0, 0.1) is 0 Å². The van der Waals surface area contributed by atoms with Gasteiger partial charge in [0.15, 0.2) is 0 Å². The number of aliphatic hydroxyl groups is 1. The Kier molecular flexibility index (Phi) is 5.33. The van der Waals surface area contributed by atoms with Crippen molar-refractivity contribution in [1.29, 1.82) is 0 Å². The standard InChI is InChI=1S/C18H23NO/c1-3-8-18(19-15(4-2)13-20)17-12-7-10-14-9-5-6-11-16(14)17/h3,5-7,9-12,15,18-20H,1,4,8,13H2,2H3. The van der Waals surface area contributed by atoms with Gasteiger partial charge in [-0.3, -0.25) is 0 Å². The lowest BCUT2D eigenvalue weighted by molar-refractivity contribution is 0.228.